The maximum Gasteiger partial charge on any atom is 0.138 e. The van der Waals surface area contributed by atoms with Crippen LogP contribution in [0.2, 0.25) is 0 Å². The van der Waals surface area contributed by atoms with Gasteiger partial charge in [-0.3, -0.25) is 4.98 Å². The Labute approximate surface area is 98.0 Å². The van der Waals surface area contributed by atoms with Gasteiger partial charge >= 0.3 is 0 Å². The van der Waals surface area contributed by atoms with Crippen LogP contribution in [-0.4, -0.2) is 20.1 Å². The zero-order chi connectivity index (χ0) is 11.8. The Bertz CT molecular complexity index is 688. The fourth-order valence-corrected chi connectivity index (χ4v) is 1.83. The summed E-state index contributed by atoms with van der Waals surface area (Å²) in [6.45, 7) is 1.94. The van der Waals surface area contributed by atoms with E-state index in [4.69, 9.17) is 0 Å². The van der Waals surface area contributed by atoms with Crippen LogP contribution in [0.25, 0.3) is 22.4 Å². The number of phenols is 1. The van der Waals surface area contributed by atoms with E-state index in [2.05, 4.69) is 15.0 Å². The molecule has 1 aromatic carbocycles. The molecular weight excluding hydrogens is 214 g/mol. The Hall–Kier alpha value is -2.36. The predicted octanol–water partition coefficient (Wildman–Crippen LogP) is 2.64. The quantitative estimate of drug-likeness (QED) is 0.669. The van der Waals surface area contributed by atoms with Crippen LogP contribution in [0.4, 0.5) is 0 Å². The number of fused-ring (bicyclic) bond motifs is 1. The van der Waals surface area contributed by atoms with Crippen molar-refractivity contribution >= 4 is 11.0 Å². The van der Waals surface area contributed by atoms with E-state index in [1.165, 1.54) is 0 Å². The molecule has 0 atom stereocenters. The first-order valence-electron chi connectivity index (χ1n) is 5.34. The third-order valence-electron chi connectivity index (χ3n) is 2.64. The number of H-pyrrole nitrogens is 1. The summed E-state index contributed by atoms with van der Waals surface area (Å²) in [6.07, 6.45) is 1.76. The molecule has 4 heteroatoms. The van der Waals surface area contributed by atoms with Crippen LogP contribution in [0.15, 0.2) is 36.5 Å². The monoisotopic (exact) mass is 225 g/mol. The molecule has 0 amide bonds. The maximum atomic E-state index is 9.40. The first kappa shape index (κ1) is 9.84. The second kappa shape index (κ2) is 3.59. The number of phenolic OH excluding ortho intramolecular Hbond substituents is 1. The number of imidazole rings is 1. The van der Waals surface area contributed by atoms with Gasteiger partial charge in [-0.2, -0.15) is 0 Å². The van der Waals surface area contributed by atoms with E-state index >= 15 is 0 Å². The Morgan fingerprint density at radius 1 is 1.18 bits per heavy atom. The van der Waals surface area contributed by atoms with Crippen molar-refractivity contribution in [3.63, 3.8) is 0 Å². The molecule has 0 bridgehead atoms. The summed E-state index contributed by atoms with van der Waals surface area (Å²) in [4.78, 5) is 11.8. The lowest BCUT2D eigenvalue weighted by Crippen LogP contribution is -1.84. The van der Waals surface area contributed by atoms with Gasteiger partial charge in [0.25, 0.3) is 0 Å². The summed E-state index contributed by atoms with van der Waals surface area (Å²) in [5, 5.41) is 9.40. The van der Waals surface area contributed by atoms with Gasteiger partial charge in [-0.1, -0.05) is 0 Å². The van der Waals surface area contributed by atoms with Crippen LogP contribution in [0.1, 0.15) is 5.69 Å². The Balaban J connectivity index is 2.18. The number of nitrogens with zero attached hydrogens (tertiary/aromatic N) is 2. The molecule has 17 heavy (non-hydrogen) atoms. The van der Waals surface area contributed by atoms with Gasteiger partial charge in [-0.05, 0) is 31.2 Å². The van der Waals surface area contributed by atoms with Crippen molar-refractivity contribution in [3.8, 4) is 17.1 Å². The highest BCUT2D eigenvalue weighted by molar-refractivity contribution is 5.80. The highest BCUT2D eigenvalue weighted by Crippen LogP contribution is 2.23. The van der Waals surface area contributed by atoms with Crippen LogP contribution in [0.3, 0.4) is 0 Å². The summed E-state index contributed by atoms with van der Waals surface area (Å²) in [5.41, 5.74) is 3.61. The minimum absolute atomic E-state index is 0.235. The van der Waals surface area contributed by atoms with Gasteiger partial charge < -0.3 is 10.1 Å². The van der Waals surface area contributed by atoms with E-state index in [0.717, 1.165) is 28.1 Å². The number of nitrogens with one attached hydrogen (secondary N) is 1. The molecule has 2 N–H and O–H groups in total. The van der Waals surface area contributed by atoms with Crippen molar-refractivity contribution in [2.75, 3.05) is 0 Å². The molecule has 0 aliphatic rings. The number of aromatic hydroxyl groups is 1. The molecular formula is C13H11N3O. The van der Waals surface area contributed by atoms with Crippen molar-refractivity contribution in [3.05, 3.63) is 42.2 Å². The normalized spacial score (nSPS) is 10.9. The van der Waals surface area contributed by atoms with Crippen molar-refractivity contribution in [2.24, 2.45) is 0 Å². The van der Waals surface area contributed by atoms with Crippen LogP contribution >= 0.6 is 0 Å². The zero-order valence-corrected chi connectivity index (χ0v) is 9.31. The summed E-state index contributed by atoms with van der Waals surface area (Å²) >= 11 is 0. The highest BCUT2D eigenvalue weighted by atomic mass is 16.3. The topological polar surface area (TPSA) is 61.8 Å². The minimum Gasteiger partial charge on any atom is -0.508 e. The SMILES string of the molecule is Cc1cc(-c2nc3ccc(O)cc3[nH]2)ccn1. The molecule has 0 spiro atoms. The van der Waals surface area contributed by atoms with Crippen LogP contribution in [-0.2, 0) is 0 Å². The van der Waals surface area contributed by atoms with E-state index in [-0.39, 0.29) is 5.75 Å². The van der Waals surface area contributed by atoms with Crippen LogP contribution < -0.4 is 0 Å². The van der Waals surface area contributed by atoms with E-state index in [1.54, 1.807) is 24.4 Å². The van der Waals surface area contributed by atoms with Crippen molar-refractivity contribution in [1.29, 1.82) is 0 Å². The standard InChI is InChI=1S/C13H11N3O/c1-8-6-9(4-5-14-8)13-15-11-3-2-10(17)7-12(11)16-13/h2-7,17H,1H3,(H,15,16). The molecule has 3 rings (SSSR count). The lowest BCUT2D eigenvalue weighted by Gasteiger charge is -1.96. The lowest BCUT2D eigenvalue weighted by atomic mass is 10.2. The molecule has 0 aliphatic carbocycles. The molecule has 3 aromatic rings. The molecule has 4 nitrogen and oxygen atoms in total. The van der Waals surface area contributed by atoms with Crippen molar-refractivity contribution in [2.45, 2.75) is 6.92 Å². The average Bonchev–Trinajstić information content (AvgIpc) is 2.72. The third kappa shape index (κ3) is 1.73. The summed E-state index contributed by atoms with van der Waals surface area (Å²) in [7, 11) is 0. The van der Waals surface area contributed by atoms with E-state index in [1.807, 2.05) is 19.1 Å². The van der Waals surface area contributed by atoms with Gasteiger partial charge in [-0.25, -0.2) is 4.98 Å². The second-order valence-electron chi connectivity index (χ2n) is 3.97. The van der Waals surface area contributed by atoms with Gasteiger partial charge in [0.1, 0.15) is 11.6 Å². The largest absolute Gasteiger partial charge is 0.508 e. The van der Waals surface area contributed by atoms with E-state index in [9.17, 15) is 5.11 Å². The summed E-state index contributed by atoms with van der Waals surface area (Å²) < 4.78 is 0. The molecule has 0 fully saturated rings. The van der Waals surface area contributed by atoms with Gasteiger partial charge in [0, 0.05) is 23.5 Å². The molecule has 2 aromatic heterocycles. The number of hydrogen-bond donors (Lipinski definition) is 2. The molecule has 0 saturated heterocycles. The fourth-order valence-electron chi connectivity index (χ4n) is 1.83. The van der Waals surface area contributed by atoms with Gasteiger partial charge in [0.2, 0.25) is 0 Å². The highest BCUT2D eigenvalue weighted by Gasteiger charge is 2.05. The maximum absolute atomic E-state index is 9.40. The Kier molecular flexibility index (Phi) is 2.08. The second-order valence-corrected chi connectivity index (χ2v) is 3.97. The molecule has 0 unspecified atom stereocenters. The van der Waals surface area contributed by atoms with E-state index < -0.39 is 0 Å². The number of hydrogen-bond acceptors (Lipinski definition) is 3. The van der Waals surface area contributed by atoms with Crippen LogP contribution in [0, 0.1) is 6.92 Å². The van der Waals surface area contributed by atoms with Gasteiger partial charge in [0.05, 0.1) is 11.0 Å². The minimum atomic E-state index is 0.235. The molecule has 84 valence electrons. The zero-order valence-electron chi connectivity index (χ0n) is 9.31. The van der Waals surface area contributed by atoms with Gasteiger partial charge in [-0.15, -0.1) is 0 Å². The number of aryl methyl sites for hydroxylation is 1. The van der Waals surface area contributed by atoms with Gasteiger partial charge in [0.15, 0.2) is 0 Å². The Morgan fingerprint density at radius 2 is 2.06 bits per heavy atom. The average molecular weight is 225 g/mol. The lowest BCUT2D eigenvalue weighted by molar-refractivity contribution is 0.476. The number of aromatic amines is 1. The number of benzene rings is 1. The van der Waals surface area contributed by atoms with Crippen molar-refractivity contribution in [1.82, 2.24) is 15.0 Å². The molecule has 0 radical (unpaired) electrons. The predicted molar refractivity (Wildman–Crippen MR) is 65.7 cm³/mol. The summed E-state index contributed by atoms with van der Waals surface area (Å²) in [5.74, 6) is 1.02. The van der Waals surface area contributed by atoms with E-state index in [0.29, 0.717) is 0 Å². The number of aromatic nitrogens is 3. The first-order valence-corrected chi connectivity index (χ1v) is 5.34. The third-order valence-corrected chi connectivity index (χ3v) is 2.64. The first-order chi connectivity index (χ1) is 8.22. The molecule has 0 aliphatic heterocycles. The molecule has 2 heterocycles. The molecule has 0 saturated carbocycles. The Morgan fingerprint density at radius 3 is 2.88 bits per heavy atom. The fraction of sp³-hybridized carbons (Fsp3) is 0.0769. The smallest absolute Gasteiger partial charge is 0.138 e. The number of rotatable bonds is 1. The van der Waals surface area contributed by atoms with Crippen molar-refractivity contribution < 1.29 is 5.11 Å². The number of pyridine rings is 1. The van der Waals surface area contributed by atoms with Crippen LogP contribution in [0.5, 0.6) is 5.75 Å². The summed E-state index contributed by atoms with van der Waals surface area (Å²) in [6, 6.07) is 8.96.